The Kier molecular flexibility index (Phi) is 31.6. The SMILES string of the molecule is C1CCNCC1.O=C[O-].O=C[O-].[Cu+2]. The third-order valence-electron chi connectivity index (χ3n) is 1.21. The van der Waals surface area contributed by atoms with Crippen molar-refractivity contribution in [1.29, 1.82) is 0 Å². The van der Waals surface area contributed by atoms with Gasteiger partial charge in [0.1, 0.15) is 0 Å². The van der Waals surface area contributed by atoms with Gasteiger partial charge in [-0.3, -0.25) is 0 Å². The van der Waals surface area contributed by atoms with E-state index < -0.39 is 12.9 Å². The third kappa shape index (κ3) is 34.5. The summed E-state index contributed by atoms with van der Waals surface area (Å²) in [5.74, 6) is 0. The number of carboxylic acid groups (broad SMARTS) is 2. The van der Waals surface area contributed by atoms with Crippen molar-refractivity contribution in [2.24, 2.45) is 0 Å². The first-order chi connectivity index (χ1) is 5.83. The molecule has 0 unspecified atom stereocenters. The monoisotopic (exact) mass is 238 g/mol. The van der Waals surface area contributed by atoms with Gasteiger partial charge in [-0.15, -0.1) is 0 Å². The topological polar surface area (TPSA) is 92.3 Å². The van der Waals surface area contributed by atoms with Gasteiger partial charge in [0, 0.05) is 12.9 Å². The van der Waals surface area contributed by atoms with Crippen LogP contribution in [0.4, 0.5) is 0 Å². The Balaban J connectivity index is -0.000000126. The average Bonchev–Trinajstić information content (AvgIpc) is 2.10. The van der Waals surface area contributed by atoms with Crippen molar-refractivity contribution in [3.63, 3.8) is 0 Å². The van der Waals surface area contributed by atoms with Crippen molar-refractivity contribution in [2.75, 3.05) is 13.1 Å². The zero-order valence-corrected chi connectivity index (χ0v) is 8.07. The summed E-state index contributed by atoms with van der Waals surface area (Å²) >= 11 is 0. The van der Waals surface area contributed by atoms with E-state index in [4.69, 9.17) is 19.8 Å². The van der Waals surface area contributed by atoms with E-state index in [1.807, 2.05) is 0 Å². The van der Waals surface area contributed by atoms with Crippen LogP contribution >= 0.6 is 0 Å². The van der Waals surface area contributed by atoms with Crippen LogP contribution in [0.25, 0.3) is 0 Å². The van der Waals surface area contributed by atoms with Crippen LogP contribution in [0.5, 0.6) is 0 Å². The van der Waals surface area contributed by atoms with Gasteiger partial charge in [0.15, 0.2) is 0 Å². The summed E-state index contributed by atoms with van der Waals surface area (Å²) in [6, 6.07) is 0. The predicted octanol–water partition coefficient (Wildman–Crippen LogP) is -2.51. The second kappa shape index (κ2) is 22.5. The summed E-state index contributed by atoms with van der Waals surface area (Å²) in [7, 11) is 0. The number of hydrogen-bond acceptors (Lipinski definition) is 5. The smallest absolute Gasteiger partial charge is 0.554 e. The van der Waals surface area contributed by atoms with E-state index in [2.05, 4.69) is 5.32 Å². The van der Waals surface area contributed by atoms with Gasteiger partial charge in [0.05, 0.1) is 0 Å². The summed E-state index contributed by atoms with van der Waals surface area (Å²) in [6.45, 7) is 1.50. The molecule has 1 N–H and O–H groups in total. The summed E-state index contributed by atoms with van der Waals surface area (Å²) in [5.41, 5.74) is 0. The summed E-state index contributed by atoms with van der Waals surface area (Å²) in [5, 5.41) is 19.8. The molecule has 0 aromatic rings. The standard InChI is InChI=1S/C5H11N.2CH2O2.Cu/c1-2-4-6-5-3-1;2*2-1-3;/h6H,1-5H2;2*1H,(H,2,3);/q;;;+2/p-2. The molecule has 81 valence electrons. The molecule has 0 bridgehead atoms. The Hall–Kier alpha value is -0.581. The van der Waals surface area contributed by atoms with Gasteiger partial charge < -0.3 is 25.1 Å². The number of carbonyl (C=O) groups is 2. The Morgan fingerprint density at radius 3 is 1.31 bits per heavy atom. The largest absolute Gasteiger partial charge is 2.00 e. The fourth-order valence-electron chi connectivity index (χ4n) is 0.802. The first kappa shape index (κ1) is 18.3. The normalized spacial score (nSPS) is 12.9. The first-order valence-corrected chi connectivity index (χ1v) is 3.65. The Bertz CT molecular complexity index is 81.0. The van der Waals surface area contributed by atoms with Crippen LogP contribution in [-0.2, 0) is 26.7 Å². The van der Waals surface area contributed by atoms with E-state index in [1.165, 1.54) is 32.4 Å². The Morgan fingerprint density at radius 2 is 1.23 bits per heavy atom. The van der Waals surface area contributed by atoms with E-state index in [9.17, 15) is 0 Å². The van der Waals surface area contributed by atoms with Crippen LogP contribution in [0.15, 0.2) is 0 Å². The van der Waals surface area contributed by atoms with E-state index in [0.29, 0.717) is 0 Å². The summed E-state index contributed by atoms with van der Waals surface area (Å²) in [6.07, 6.45) is 4.22. The molecule has 5 nitrogen and oxygen atoms in total. The van der Waals surface area contributed by atoms with E-state index in [1.54, 1.807) is 0 Å². The molecule has 0 saturated carbocycles. The van der Waals surface area contributed by atoms with Crippen LogP contribution in [0.3, 0.4) is 0 Å². The number of piperidine rings is 1. The first-order valence-electron chi connectivity index (χ1n) is 3.65. The maximum absolute atomic E-state index is 8.25. The number of nitrogens with one attached hydrogen (secondary N) is 1. The maximum atomic E-state index is 8.25. The minimum atomic E-state index is -0.500. The molecule has 1 radical (unpaired) electrons. The van der Waals surface area contributed by atoms with Gasteiger partial charge in [-0.05, 0) is 25.9 Å². The zero-order chi connectivity index (χ0) is 9.66. The van der Waals surface area contributed by atoms with Crippen molar-refractivity contribution in [3.05, 3.63) is 0 Å². The molecule has 13 heavy (non-hydrogen) atoms. The van der Waals surface area contributed by atoms with Crippen molar-refractivity contribution in [1.82, 2.24) is 5.32 Å². The second-order valence-electron chi connectivity index (χ2n) is 2.00. The molecule has 0 amide bonds. The van der Waals surface area contributed by atoms with Crippen molar-refractivity contribution < 1.29 is 36.9 Å². The molecule has 1 rings (SSSR count). The number of hydrogen-bond donors (Lipinski definition) is 1. The Labute approximate surface area is 88.0 Å². The minimum Gasteiger partial charge on any atom is -0.554 e. The van der Waals surface area contributed by atoms with Gasteiger partial charge in [-0.25, -0.2) is 0 Å². The quantitative estimate of drug-likeness (QED) is 0.372. The Morgan fingerprint density at radius 1 is 0.923 bits per heavy atom. The average molecular weight is 239 g/mol. The van der Waals surface area contributed by atoms with Crippen molar-refractivity contribution in [2.45, 2.75) is 19.3 Å². The molecular weight excluding hydrogens is 226 g/mol. The van der Waals surface area contributed by atoms with Gasteiger partial charge in [-0.2, -0.15) is 0 Å². The molecule has 0 atom stereocenters. The van der Waals surface area contributed by atoms with Crippen LogP contribution in [0, 0.1) is 0 Å². The minimum absolute atomic E-state index is 0. The molecule has 1 saturated heterocycles. The summed E-state index contributed by atoms with van der Waals surface area (Å²) < 4.78 is 0. The molecule has 0 spiro atoms. The van der Waals surface area contributed by atoms with Crippen LogP contribution in [0.1, 0.15) is 19.3 Å². The number of rotatable bonds is 0. The molecule has 1 fully saturated rings. The molecule has 0 aliphatic carbocycles. The molecule has 1 aliphatic heterocycles. The van der Waals surface area contributed by atoms with Gasteiger partial charge in [-0.1, -0.05) is 6.42 Å². The molecule has 6 heteroatoms. The van der Waals surface area contributed by atoms with Crippen molar-refractivity contribution >= 4 is 12.9 Å². The summed E-state index contributed by atoms with van der Waals surface area (Å²) in [4.78, 5) is 16.5. The van der Waals surface area contributed by atoms with E-state index >= 15 is 0 Å². The molecule has 1 heterocycles. The zero-order valence-electron chi connectivity index (χ0n) is 7.12. The fraction of sp³-hybridized carbons (Fsp3) is 0.714. The van der Waals surface area contributed by atoms with Gasteiger partial charge >= 0.3 is 17.1 Å². The molecule has 0 aromatic heterocycles. The van der Waals surface area contributed by atoms with E-state index in [0.717, 1.165) is 0 Å². The molecule has 0 aromatic carbocycles. The van der Waals surface area contributed by atoms with Gasteiger partial charge in [0.25, 0.3) is 0 Å². The molecular formula is C7H13CuNO4. The fourth-order valence-corrected chi connectivity index (χ4v) is 0.802. The van der Waals surface area contributed by atoms with Crippen LogP contribution in [-0.4, -0.2) is 26.0 Å². The van der Waals surface area contributed by atoms with Crippen LogP contribution in [0.2, 0.25) is 0 Å². The number of carbonyl (C=O) groups excluding carboxylic acids is 2. The maximum Gasteiger partial charge on any atom is 2.00 e. The third-order valence-corrected chi connectivity index (χ3v) is 1.21. The van der Waals surface area contributed by atoms with Gasteiger partial charge in [0.2, 0.25) is 0 Å². The molecule has 1 aliphatic rings. The predicted molar refractivity (Wildman–Crippen MR) is 38.8 cm³/mol. The second-order valence-corrected chi connectivity index (χ2v) is 2.00. The van der Waals surface area contributed by atoms with Crippen molar-refractivity contribution in [3.8, 4) is 0 Å². The van der Waals surface area contributed by atoms with Crippen LogP contribution < -0.4 is 15.5 Å². The van der Waals surface area contributed by atoms with E-state index in [-0.39, 0.29) is 17.1 Å².